The van der Waals surface area contributed by atoms with Crippen molar-refractivity contribution in [1.82, 2.24) is 0 Å². The van der Waals surface area contributed by atoms with Crippen LogP contribution in [0.4, 0.5) is 4.39 Å². The van der Waals surface area contributed by atoms with Gasteiger partial charge in [0.2, 0.25) is 0 Å². The normalized spacial score (nSPS) is 24.6. The molecular formula is C12H17ClFNO. The molecule has 0 radical (unpaired) electrons. The Hall–Kier alpha value is -0.800. The Morgan fingerprint density at radius 1 is 1.19 bits per heavy atom. The highest BCUT2D eigenvalue weighted by Crippen LogP contribution is 2.24. The summed E-state index contributed by atoms with van der Waals surface area (Å²) in [5.74, 6) is 0.00937. The van der Waals surface area contributed by atoms with Gasteiger partial charge in [0.25, 0.3) is 0 Å². The minimum absolute atomic E-state index is 0. The Bertz CT molecular complexity index is 335. The fourth-order valence-electron chi connectivity index (χ4n) is 1.98. The second-order valence-electron chi connectivity index (χ2n) is 4.04. The molecule has 0 unspecified atom stereocenters. The first-order valence-corrected chi connectivity index (χ1v) is 5.44. The summed E-state index contributed by atoms with van der Waals surface area (Å²) in [6, 6.07) is 6.52. The summed E-state index contributed by atoms with van der Waals surface area (Å²) in [6.45, 7) is 0. The van der Waals surface area contributed by atoms with E-state index in [1.165, 1.54) is 6.07 Å². The quantitative estimate of drug-likeness (QED) is 0.870. The molecule has 1 fully saturated rings. The zero-order valence-corrected chi connectivity index (χ0v) is 9.88. The second-order valence-corrected chi connectivity index (χ2v) is 4.04. The maximum atomic E-state index is 13.3. The smallest absolute Gasteiger partial charge is 0.165 e. The van der Waals surface area contributed by atoms with E-state index in [4.69, 9.17) is 10.5 Å². The standard InChI is InChI=1S/C12H16FNO.ClH/c13-9-5-1-3-7-11(9)15-12-8-4-2-6-10(12)14;/h1,3,5,7,10,12H,2,4,6,8,14H2;1H/t10-,12-;/m1./s1. The number of hydrogen-bond donors (Lipinski definition) is 1. The summed E-state index contributed by atoms with van der Waals surface area (Å²) in [5.41, 5.74) is 5.93. The average Bonchev–Trinajstić information content (AvgIpc) is 2.24. The van der Waals surface area contributed by atoms with Crippen molar-refractivity contribution in [1.29, 1.82) is 0 Å². The largest absolute Gasteiger partial charge is 0.486 e. The van der Waals surface area contributed by atoms with Crippen molar-refractivity contribution < 1.29 is 9.13 Å². The van der Waals surface area contributed by atoms with Crippen LogP contribution in [0.25, 0.3) is 0 Å². The second kappa shape index (κ2) is 6.06. The predicted molar refractivity (Wildman–Crippen MR) is 64.5 cm³/mol. The van der Waals surface area contributed by atoms with Gasteiger partial charge in [-0.05, 0) is 31.4 Å². The molecule has 2 nitrogen and oxygen atoms in total. The number of ether oxygens (including phenoxy) is 1. The first-order valence-electron chi connectivity index (χ1n) is 5.44. The van der Waals surface area contributed by atoms with E-state index in [9.17, 15) is 4.39 Å². The molecule has 90 valence electrons. The number of hydrogen-bond acceptors (Lipinski definition) is 2. The summed E-state index contributed by atoms with van der Waals surface area (Å²) in [6.07, 6.45) is 4.13. The van der Waals surface area contributed by atoms with E-state index in [-0.39, 0.29) is 30.4 Å². The van der Waals surface area contributed by atoms with Gasteiger partial charge in [0, 0.05) is 6.04 Å². The fourth-order valence-corrected chi connectivity index (χ4v) is 1.98. The van der Waals surface area contributed by atoms with E-state index in [1.807, 2.05) is 0 Å². The molecule has 0 bridgehead atoms. The Balaban J connectivity index is 0.00000128. The molecule has 4 heteroatoms. The van der Waals surface area contributed by atoms with Crippen LogP contribution in [0.15, 0.2) is 24.3 Å². The molecule has 1 aromatic carbocycles. The lowest BCUT2D eigenvalue weighted by atomic mass is 9.93. The maximum Gasteiger partial charge on any atom is 0.165 e. The van der Waals surface area contributed by atoms with Crippen LogP contribution in [0.1, 0.15) is 25.7 Å². The molecule has 0 amide bonds. The molecule has 2 N–H and O–H groups in total. The number of nitrogens with two attached hydrogens (primary N) is 1. The van der Waals surface area contributed by atoms with Gasteiger partial charge in [-0.3, -0.25) is 0 Å². The highest BCUT2D eigenvalue weighted by molar-refractivity contribution is 5.85. The topological polar surface area (TPSA) is 35.2 Å². The minimum atomic E-state index is -0.310. The molecule has 0 spiro atoms. The number of benzene rings is 1. The first kappa shape index (κ1) is 13.3. The van der Waals surface area contributed by atoms with Gasteiger partial charge < -0.3 is 10.5 Å². The van der Waals surface area contributed by atoms with Crippen molar-refractivity contribution in [2.24, 2.45) is 5.73 Å². The highest BCUT2D eigenvalue weighted by atomic mass is 35.5. The third kappa shape index (κ3) is 3.09. The average molecular weight is 246 g/mol. The Morgan fingerprint density at radius 2 is 1.88 bits per heavy atom. The van der Waals surface area contributed by atoms with Crippen LogP contribution in [-0.4, -0.2) is 12.1 Å². The van der Waals surface area contributed by atoms with E-state index in [2.05, 4.69) is 0 Å². The zero-order valence-electron chi connectivity index (χ0n) is 9.06. The van der Waals surface area contributed by atoms with Crippen molar-refractivity contribution in [2.75, 3.05) is 0 Å². The molecule has 2 rings (SSSR count). The van der Waals surface area contributed by atoms with Crippen LogP contribution in [0.5, 0.6) is 5.75 Å². The first-order chi connectivity index (χ1) is 7.27. The lowest BCUT2D eigenvalue weighted by Gasteiger charge is -2.29. The van der Waals surface area contributed by atoms with E-state index in [0.717, 1.165) is 25.7 Å². The van der Waals surface area contributed by atoms with Gasteiger partial charge in [-0.15, -0.1) is 12.4 Å². The van der Waals surface area contributed by atoms with Crippen molar-refractivity contribution in [3.05, 3.63) is 30.1 Å². The highest BCUT2D eigenvalue weighted by Gasteiger charge is 2.24. The lowest BCUT2D eigenvalue weighted by molar-refractivity contribution is 0.127. The van der Waals surface area contributed by atoms with Gasteiger partial charge in [0.15, 0.2) is 11.6 Å². The Morgan fingerprint density at radius 3 is 2.56 bits per heavy atom. The molecule has 1 aliphatic carbocycles. The van der Waals surface area contributed by atoms with Gasteiger partial charge in [0.05, 0.1) is 0 Å². The number of rotatable bonds is 2. The molecule has 2 atom stereocenters. The molecule has 16 heavy (non-hydrogen) atoms. The summed E-state index contributed by atoms with van der Waals surface area (Å²) >= 11 is 0. The van der Waals surface area contributed by atoms with Crippen molar-refractivity contribution >= 4 is 12.4 Å². The summed E-state index contributed by atoms with van der Waals surface area (Å²) < 4.78 is 18.9. The van der Waals surface area contributed by atoms with Gasteiger partial charge >= 0.3 is 0 Å². The summed E-state index contributed by atoms with van der Waals surface area (Å²) in [4.78, 5) is 0. The van der Waals surface area contributed by atoms with Crippen LogP contribution in [-0.2, 0) is 0 Å². The van der Waals surface area contributed by atoms with E-state index >= 15 is 0 Å². The molecule has 1 aromatic rings. The maximum absolute atomic E-state index is 13.3. The molecule has 1 saturated carbocycles. The zero-order chi connectivity index (χ0) is 10.7. The van der Waals surface area contributed by atoms with Crippen molar-refractivity contribution in [2.45, 2.75) is 37.8 Å². The third-order valence-corrected chi connectivity index (χ3v) is 2.87. The van der Waals surface area contributed by atoms with Crippen LogP contribution >= 0.6 is 12.4 Å². The van der Waals surface area contributed by atoms with Gasteiger partial charge in [-0.25, -0.2) is 4.39 Å². The van der Waals surface area contributed by atoms with Crippen LogP contribution in [0.2, 0.25) is 0 Å². The van der Waals surface area contributed by atoms with Gasteiger partial charge in [-0.2, -0.15) is 0 Å². The molecule has 0 heterocycles. The Labute approximate surface area is 101 Å². The minimum Gasteiger partial charge on any atom is -0.486 e. The molecule has 0 aromatic heterocycles. The van der Waals surface area contributed by atoms with E-state index < -0.39 is 0 Å². The summed E-state index contributed by atoms with van der Waals surface area (Å²) in [7, 11) is 0. The molecular weight excluding hydrogens is 229 g/mol. The Kier molecular flexibility index (Phi) is 5.03. The van der Waals surface area contributed by atoms with Gasteiger partial charge in [-0.1, -0.05) is 18.6 Å². The fraction of sp³-hybridized carbons (Fsp3) is 0.500. The predicted octanol–water partition coefficient (Wildman–Crippen LogP) is 2.90. The van der Waals surface area contributed by atoms with E-state index in [1.54, 1.807) is 18.2 Å². The van der Waals surface area contributed by atoms with Crippen LogP contribution in [0, 0.1) is 5.82 Å². The number of para-hydroxylation sites is 1. The lowest BCUT2D eigenvalue weighted by Crippen LogP contribution is -2.41. The van der Waals surface area contributed by atoms with Crippen LogP contribution < -0.4 is 10.5 Å². The molecule has 0 aliphatic heterocycles. The van der Waals surface area contributed by atoms with Gasteiger partial charge in [0.1, 0.15) is 6.10 Å². The SMILES string of the molecule is Cl.N[C@@H]1CCCC[C@H]1Oc1ccccc1F. The van der Waals surface area contributed by atoms with E-state index in [0.29, 0.717) is 5.75 Å². The van der Waals surface area contributed by atoms with Crippen molar-refractivity contribution in [3.8, 4) is 5.75 Å². The third-order valence-electron chi connectivity index (χ3n) is 2.87. The van der Waals surface area contributed by atoms with Crippen LogP contribution in [0.3, 0.4) is 0 Å². The van der Waals surface area contributed by atoms with Crippen molar-refractivity contribution in [3.63, 3.8) is 0 Å². The molecule has 1 aliphatic rings. The number of halogens is 2. The molecule has 0 saturated heterocycles. The monoisotopic (exact) mass is 245 g/mol. The summed E-state index contributed by atoms with van der Waals surface area (Å²) in [5, 5.41) is 0.